The lowest BCUT2D eigenvalue weighted by atomic mass is 10.2. The molecule has 0 aliphatic carbocycles. The maximum atomic E-state index is 12.2. The third kappa shape index (κ3) is 6.08. The average Bonchev–Trinajstić information content (AvgIpc) is 2.66. The monoisotopic (exact) mass is 386 g/mol. The predicted octanol–water partition coefficient (Wildman–Crippen LogP) is 3.73. The Morgan fingerprint density at radius 1 is 1.18 bits per heavy atom. The first-order valence-corrected chi connectivity index (χ1v) is 8.71. The first kappa shape index (κ1) is 20.9. The van der Waals surface area contributed by atoms with Crippen LogP contribution in [0.1, 0.15) is 29.8 Å². The second-order valence-electron chi connectivity index (χ2n) is 6.61. The van der Waals surface area contributed by atoms with Crippen LogP contribution in [0, 0.1) is 23.0 Å². The van der Waals surface area contributed by atoms with Gasteiger partial charge in [-0.3, -0.25) is 14.9 Å². The summed E-state index contributed by atoms with van der Waals surface area (Å²) in [6.07, 6.45) is 0. The van der Waals surface area contributed by atoms with Gasteiger partial charge in [0.2, 0.25) is 0 Å². The molecule has 0 aliphatic heterocycles. The Hall–Kier alpha value is -3.42. The molecule has 0 atom stereocenters. The van der Waals surface area contributed by atoms with Crippen LogP contribution >= 0.6 is 0 Å². The fraction of sp³-hybridized carbons (Fsp3) is 0.300. The van der Waals surface area contributed by atoms with Crippen LogP contribution in [0.2, 0.25) is 0 Å². The first-order valence-electron chi connectivity index (χ1n) is 8.71. The van der Waals surface area contributed by atoms with Crippen LogP contribution in [-0.2, 0) is 9.53 Å². The summed E-state index contributed by atoms with van der Waals surface area (Å²) in [6.45, 7) is 5.73. The van der Waals surface area contributed by atoms with Crippen LogP contribution in [-0.4, -0.2) is 30.0 Å². The number of carbonyl (C=O) groups is 2. The van der Waals surface area contributed by atoms with Gasteiger partial charge in [0, 0.05) is 12.1 Å². The van der Waals surface area contributed by atoms with Crippen LogP contribution in [0.15, 0.2) is 42.5 Å². The molecule has 28 heavy (non-hydrogen) atoms. The number of nitrogens with one attached hydrogen (secondary N) is 1. The van der Waals surface area contributed by atoms with Crippen molar-refractivity contribution in [2.24, 2.45) is 5.92 Å². The Morgan fingerprint density at radius 3 is 2.61 bits per heavy atom. The van der Waals surface area contributed by atoms with E-state index in [1.807, 2.05) is 13.8 Å². The van der Waals surface area contributed by atoms with Crippen LogP contribution in [0.3, 0.4) is 0 Å². The van der Waals surface area contributed by atoms with E-state index in [0.29, 0.717) is 29.5 Å². The minimum Gasteiger partial charge on any atom is -0.493 e. The molecule has 0 heterocycles. The summed E-state index contributed by atoms with van der Waals surface area (Å²) < 4.78 is 10.6. The first-order chi connectivity index (χ1) is 13.3. The van der Waals surface area contributed by atoms with Gasteiger partial charge in [-0.15, -0.1) is 0 Å². The van der Waals surface area contributed by atoms with Crippen LogP contribution in [0.5, 0.6) is 5.75 Å². The molecule has 1 N–H and O–H groups in total. The molecule has 0 bridgehead atoms. The van der Waals surface area contributed by atoms with Crippen molar-refractivity contribution in [3.63, 3.8) is 0 Å². The highest BCUT2D eigenvalue weighted by Crippen LogP contribution is 2.22. The highest BCUT2D eigenvalue weighted by Gasteiger charge is 2.14. The zero-order valence-electron chi connectivity index (χ0n) is 15.9. The molecule has 8 heteroatoms. The minimum atomic E-state index is -0.666. The van der Waals surface area contributed by atoms with E-state index in [-0.39, 0.29) is 11.3 Å². The molecule has 148 valence electrons. The highest BCUT2D eigenvalue weighted by molar-refractivity contribution is 5.96. The summed E-state index contributed by atoms with van der Waals surface area (Å²) in [7, 11) is 0. The Balaban J connectivity index is 1.94. The third-order valence-corrected chi connectivity index (χ3v) is 3.69. The zero-order chi connectivity index (χ0) is 20.7. The lowest BCUT2D eigenvalue weighted by Gasteiger charge is -2.11. The van der Waals surface area contributed by atoms with Gasteiger partial charge in [-0.1, -0.05) is 26.0 Å². The zero-order valence-corrected chi connectivity index (χ0v) is 15.9. The van der Waals surface area contributed by atoms with Crippen molar-refractivity contribution in [2.45, 2.75) is 20.8 Å². The van der Waals surface area contributed by atoms with Crippen molar-refractivity contribution in [3.8, 4) is 5.75 Å². The van der Waals surface area contributed by atoms with Gasteiger partial charge in [-0.05, 0) is 36.6 Å². The second-order valence-corrected chi connectivity index (χ2v) is 6.61. The van der Waals surface area contributed by atoms with Gasteiger partial charge >= 0.3 is 5.97 Å². The number of hydrogen-bond acceptors (Lipinski definition) is 6. The van der Waals surface area contributed by atoms with Crippen molar-refractivity contribution in [1.82, 2.24) is 0 Å². The van der Waals surface area contributed by atoms with E-state index in [1.54, 1.807) is 31.2 Å². The van der Waals surface area contributed by atoms with Gasteiger partial charge in [0.1, 0.15) is 5.75 Å². The molecule has 2 aromatic carbocycles. The summed E-state index contributed by atoms with van der Waals surface area (Å²) in [5.41, 5.74) is 1.07. The standard InChI is InChI=1S/C20H22N2O6/c1-13(2)11-27-17-6-4-5-15(9-17)20(24)28-12-19(23)21-18-10-16(22(25)26)8-7-14(18)3/h4-10,13H,11-12H2,1-3H3,(H,21,23). The number of ether oxygens (including phenoxy) is 2. The number of carbonyl (C=O) groups excluding carboxylic acids is 2. The molecule has 2 rings (SSSR count). The second kappa shape index (κ2) is 9.50. The fourth-order valence-corrected chi connectivity index (χ4v) is 2.23. The fourth-order valence-electron chi connectivity index (χ4n) is 2.23. The topological polar surface area (TPSA) is 108 Å². The molecule has 1 amide bonds. The Morgan fingerprint density at radius 2 is 1.93 bits per heavy atom. The van der Waals surface area contributed by atoms with Crippen molar-refractivity contribution in [1.29, 1.82) is 0 Å². The smallest absolute Gasteiger partial charge is 0.338 e. The SMILES string of the molecule is Cc1ccc([N+](=O)[O-])cc1NC(=O)COC(=O)c1cccc(OCC(C)C)c1. The molecule has 0 spiro atoms. The summed E-state index contributed by atoms with van der Waals surface area (Å²) in [5.74, 6) is -0.374. The van der Waals surface area contributed by atoms with Crippen LogP contribution < -0.4 is 10.1 Å². The van der Waals surface area contributed by atoms with E-state index in [2.05, 4.69) is 5.32 Å². The lowest BCUT2D eigenvalue weighted by Crippen LogP contribution is -2.21. The van der Waals surface area contributed by atoms with Gasteiger partial charge in [0.25, 0.3) is 11.6 Å². The van der Waals surface area contributed by atoms with E-state index in [1.165, 1.54) is 18.2 Å². The summed E-state index contributed by atoms with van der Waals surface area (Å²) in [4.78, 5) is 34.5. The quantitative estimate of drug-likeness (QED) is 0.421. The van der Waals surface area contributed by atoms with Gasteiger partial charge in [0.05, 0.1) is 22.8 Å². The van der Waals surface area contributed by atoms with Gasteiger partial charge in [0.15, 0.2) is 6.61 Å². The summed E-state index contributed by atoms with van der Waals surface area (Å²) in [5, 5.41) is 13.4. The summed E-state index contributed by atoms with van der Waals surface area (Å²) in [6, 6.07) is 10.6. The van der Waals surface area contributed by atoms with Crippen molar-refractivity contribution >= 4 is 23.3 Å². The molecule has 8 nitrogen and oxygen atoms in total. The largest absolute Gasteiger partial charge is 0.493 e. The van der Waals surface area contributed by atoms with Crippen molar-refractivity contribution in [2.75, 3.05) is 18.5 Å². The molecule has 0 saturated heterocycles. The van der Waals surface area contributed by atoms with Gasteiger partial charge in [-0.25, -0.2) is 4.79 Å². The number of rotatable bonds is 8. The molecule has 2 aromatic rings. The van der Waals surface area contributed by atoms with Crippen molar-refractivity contribution in [3.05, 3.63) is 63.7 Å². The van der Waals surface area contributed by atoms with Crippen LogP contribution in [0.4, 0.5) is 11.4 Å². The number of non-ortho nitro benzene ring substituents is 1. The van der Waals surface area contributed by atoms with E-state index >= 15 is 0 Å². The molecule has 0 unspecified atom stereocenters. The number of nitro benzene ring substituents is 1. The number of amides is 1. The van der Waals surface area contributed by atoms with Gasteiger partial charge < -0.3 is 14.8 Å². The average molecular weight is 386 g/mol. The minimum absolute atomic E-state index is 0.142. The molecule has 0 fully saturated rings. The molecular formula is C20H22N2O6. The van der Waals surface area contributed by atoms with Gasteiger partial charge in [-0.2, -0.15) is 0 Å². The number of anilines is 1. The number of aryl methyl sites for hydroxylation is 1. The maximum absolute atomic E-state index is 12.2. The summed E-state index contributed by atoms with van der Waals surface area (Å²) >= 11 is 0. The molecular weight excluding hydrogens is 364 g/mol. The number of esters is 1. The highest BCUT2D eigenvalue weighted by atomic mass is 16.6. The Kier molecular flexibility index (Phi) is 7.08. The normalized spacial score (nSPS) is 10.4. The molecule has 0 radical (unpaired) electrons. The van der Waals surface area contributed by atoms with E-state index < -0.39 is 23.4 Å². The third-order valence-electron chi connectivity index (χ3n) is 3.69. The molecule has 0 saturated carbocycles. The maximum Gasteiger partial charge on any atom is 0.338 e. The Bertz CT molecular complexity index is 879. The van der Waals surface area contributed by atoms with E-state index in [9.17, 15) is 19.7 Å². The van der Waals surface area contributed by atoms with E-state index in [4.69, 9.17) is 9.47 Å². The predicted molar refractivity (Wildman–Crippen MR) is 104 cm³/mol. The van der Waals surface area contributed by atoms with Crippen LogP contribution in [0.25, 0.3) is 0 Å². The Labute approximate surface area is 162 Å². The number of hydrogen-bond donors (Lipinski definition) is 1. The van der Waals surface area contributed by atoms with E-state index in [0.717, 1.165) is 0 Å². The number of nitrogens with zero attached hydrogens (tertiary/aromatic N) is 1. The molecule has 0 aromatic heterocycles. The lowest BCUT2D eigenvalue weighted by molar-refractivity contribution is -0.384. The molecule has 0 aliphatic rings. The number of nitro groups is 1. The van der Waals surface area contributed by atoms with Crippen molar-refractivity contribution < 1.29 is 24.0 Å². The number of benzene rings is 2.